The van der Waals surface area contributed by atoms with Gasteiger partial charge in [0.2, 0.25) is 9.05 Å². The summed E-state index contributed by atoms with van der Waals surface area (Å²) in [6.45, 7) is 2.54. The van der Waals surface area contributed by atoms with Crippen LogP contribution >= 0.6 is 0 Å². The monoisotopic (exact) mass is 218 g/mol. The first kappa shape index (κ1) is 11.6. The summed E-state index contributed by atoms with van der Waals surface area (Å²) in [6, 6.07) is 0. The lowest BCUT2D eigenvalue weighted by Gasteiger charge is -2.03. The first-order valence-corrected chi connectivity index (χ1v) is 8.55. The summed E-state index contributed by atoms with van der Waals surface area (Å²) in [7, 11) is -5.07. The van der Waals surface area contributed by atoms with E-state index in [2.05, 4.69) is 0 Å². The largest absolute Gasteiger partial charge is 0.423 e. The maximum Gasteiger partial charge on any atom is 0.223 e. The molecule has 0 heterocycles. The lowest BCUT2D eigenvalue weighted by Crippen LogP contribution is -2.15. The van der Waals surface area contributed by atoms with Gasteiger partial charge < -0.3 is 4.43 Å². The lowest BCUT2D eigenvalue weighted by atomic mass is 10.9. The highest BCUT2D eigenvalue weighted by Gasteiger charge is 2.00. The minimum atomic E-state index is -3.55. The van der Waals surface area contributed by atoms with Crippen molar-refractivity contribution in [3.8, 4) is 0 Å². The average Bonchev–Trinajstić information content (AvgIpc) is 1.86. The van der Waals surface area contributed by atoms with E-state index in [1.807, 2.05) is 6.92 Å². The fourth-order valence-electron chi connectivity index (χ4n) is 0.429. The fourth-order valence-corrected chi connectivity index (χ4v) is 5.56. The van der Waals surface area contributed by atoms with Crippen LogP contribution in [0.1, 0.15) is 6.92 Å². The minimum Gasteiger partial charge on any atom is -0.423 e. The Bertz CT molecular complexity index is 212. The molecule has 11 heavy (non-hydrogen) atoms. The Morgan fingerprint density at radius 2 is 2.18 bits per heavy atom. The van der Waals surface area contributed by atoms with Crippen LogP contribution in [0.2, 0.25) is 0 Å². The van der Waals surface area contributed by atoms with Crippen molar-refractivity contribution < 1.29 is 17.7 Å². The quantitative estimate of drug-likeness (QED) is 0.491. The van der Waals surface area contributed by atoms with Crippen molar-refractivity contribution in [1.29, 1.82) is 0 Å². The molecule has 0 aromatic carbocycles. The first-order chi connectivity index (χ1) is 4.98. The lowest BCUT2D eigenvalue weighted by molar-refractivity contribution is 0.363. The zero-order valence-electron chi connectivity index (χ0n) is 6.65. The smallest absolute Gasteiger partial charge is 0.223 e. The molecule has 0 saturated carbocycles. The Morgan fingerprint density at radius 3 is 2.55 bits per heavy atom. The van der Waals surface area contributed by atoms with Crippen LogP contribution in [-0.2, 0) is 22.9 Å². The van der Waals surface area contributed by atoms with Crippen LogP contribution < -0.4 is 0 Å². The molecule has 7 heteroatoms. The highest BCUT2D eigenvalue weighted by atomic mass is 32.9. The van der Waals surface area contributed by atoms with E-state index in [-0.39, 0.29) is 0 Å². The SMILES string of the molecule is CCO[SiH2]CS(C)=S(=O)(O)O. The second-order valence-electron chi connectivity index (χ2n) is 1.92. The standard InChI is InChI=1S/C4H14O4S2Si/c1-3-8-11-4-9(2)10(5,6)7/h3-4,11H2,1-2H3,(H2,5,6,7). The summed E-state index contributed by atoms with van der Waals surface area (Å²) in [4.78, 5) is 0. The molecule has 0 radical (unpaired) electrons. The summed E-state index contributed by atoms with van der Waals surface area (Å²) >= 11 is 0. The summed E-state index contributed by atoms with van der Waals surface area (Å²) in [5, 5.41) is 0.569. The Hall–Kier alpha value is 0.597. The van der Waals surface area contributed by atoms with Crippen molar-refractivity contribution in [1.82, 2.24) is 0 Å². The molecule has 0 amide bonds. The molecule has 70 valence electrons. The predicted octanol–water partition coefficient (Wildman–Crippen LogP) is -0.542. The fraction of sp³-hybridized carbons (Fsp3) is 1.00. The van der Waals surface area contributed by atoms with E-state index in [1.165, 1.54) is 0 Å². The van der Waals surface area contributed by atoms with Gasteiger partial charge in [0.05, 0.1) is 0 Å². The normalized spacial score (nSPS) is 16.0. The van der Waals surface area contributed by atoms with E-state index in [0.717, 1.165) is 0 Å². The van der Waals surface area contributed by atoms with Gasteiger partial charge in [0.1, 0.15) is 0 Å². The van der Waals surface area contributed by atoms with Gasteiger partial charge in [-0.2, -0.15) is 0 Å². The molecular weight excluding hydrogens is 204 g/mol. The predicted molar refractivity (Wildman–Crippen MR) is 51.7 cm³/mol. The van der Waals surface area contributed by atoms with E-state index in [9.17, 15) is 4.21 Å². The van der Waals surface area contributed by atoms with E-state index in [1.54, 1.807) is 6.26 Å². The van der Waals surface area contributed by atoms with Crippen LogP contribution in [0, 0.1) is 0 Å². The third kappa shape index (κ3) is 5.82. The molecule has 2 N–H and O–H groups in total. The van der Waals surface area contributed by atoms with Gasteiger partial charge in [-0.1, -0.05) is 9.45 Å². The molecule has 0 aromatic heterocycles. The molecule has 0 spiro atoms. The summed E-state index contributed by atoms with van der Waals surface area (Å²) in [5.74, 6) is 0. The van der Waals surface area contributed by atoms with Gasteiger partial charge in [-0.3, -0.25) is 9.11 Å². The van der Waals surface area contributed by atoms with Crippen LogP contribution in [-0.4, -0.2) is 41.3 Å². The van der Waals surface area contributed by atoms with E-state index >= 15 is 0 Å². The molecule has 1 atom stereocenters. The molecule has 0 aliphatic carbocycles. The van der Waals surface area contributed by atoms with E-state index < -0.39 is 28.3 Å². The highest BCUT2D eigenvalue weighted by molar-refractivity contribution is 8.42. The third-order valence-electron chi connectivity index (χ3n) is 1.09. The second kappa shape index (κ2) is 5.28. The zero-order valence-corrected chi connectivity index (χ0v) is 9.70. The van der Waals surface area contributed by atoms with Gasteiger partial charge in [0.15, 0.2) is 9.76 Å². The third-order valence-corrected chi connectivity index (χ3v) is 9.22. The maximum atomic E-state index is 10.6. The van der Waals surface area contributed by atoms with E-state index in [0.29, 0.717) is 12.0 Å². The first-order valence-electron chi connectivity index (χ1n) is 3.18. The minimum absolute atomic E-state index is 0.569. The van der Waals surface area contributed by atoms with Crippen LogP contribution in [0.5, 0.6) is 0 Å². The van der Waals surface area contributed by atoms with Gasteiger partial charge >= 0.3 is 0 Å². The van der Waals surface area contributed by atoms with Gasteiger partial charge in [0.25, 0.3) is 0 Å². The van der Waals surface area contributed by atoms with Crippen molar-refractivity contribution in [2.75, 3.05) is 18.2 Å². The summed E-state index contributed by atoms with van der Waals surface area (Å²) in [6.07, 6.45) is 1.58. The summed E-state index contributed by atoms with van der Waals surface area (Å²) < 4.78 is 33.0. The number of hydrogen-bond acceptors (Lipinski definition) is 2. The Labute approximate surface area is 71.5 Å². The molecule has 0 fully saturated rings. The molecule has 0 aliphatic heterocycles. The second-order valence-corrected chi connectivity index (χ2v) is 9.42. The van der Waals surface area contributed by atoms with Gasteiger partial charge in [-0.15, -0.1) is 0 Å². The molecule has 1 unspecified atom stereocenters. The Morgan fingerprint density at radius 1 is 1.64 bits per heavy atom. The van der Waals surface area contributed by atoms with Gasteiger partial charge in [-0.05, 0) is 13.2 Å². The summed E-state index contributed by atoms with van der Waals surface area (Å²) in [5.41, 5.74) is 0. The topological polar surface area (TPSA) is 66.8 Å². The van der Waals surface area contributed by atoms with Crippen LogP contribution in [0.25, 0.3) is 0 Å². The van der Waals surface area contributed by atoms with Crippen molar-refractivity contribution in [2.24, 2.45) is 0 Å². The molecular formula is C4H14O4S2Si. The van der Waals surface area contributed by atoms with Gasteiger partial charge in [-0.25, -0.2) is 4.21 Å². The number of rotatable bonds is 4. The Balaban J connectivity index is 3.89. The molecule has 0 bridgehead atoms. The van der Waals surface area contributed by atoms with Crippen molar-refractivity contribution in [3.05, 3.63) is 0 Å². The average molecular weight is 218 g/mol. The molecule has 4 nitrogen and oxygen atoms in total. The van der Waals surface area contributed by atoms with Crippen molar-refractivity contribution >= 4 is 28.3 Å². The van der Waals surface area contributed by atoms with Crippen LogP contribution in [0.15, 0.2) is 0 Å². The molecule has 0 aliphatic rings. The maximum absolute atomic E-state index is 10.6. The van der Waals surface area contributed by atoms with Crippen molar-refractivity contribution in [3.63, 3.8) is 0 Å². The van der Waals surface area contributed by atoms with Crippen LogP contribution in [0.3, 0.4) is 0 Å². The highest BCUT2D eigenvalue weighted by Crippen LogP contribution is 1.88. The van der Waals surface area contributed by atoms with Crippen LogP contribution in [0.4, 0.5) is 0 Å². The number of hydrogen-bond donors (Lipinski definition) is 2. The molecule has 0 aromatic rings. The van der Waals surface area contributed by atoms with Crippen molar-refractivity contribution in [2.45, 2.75) is 6.92 Å². The Kier molecular flexibility index (Phi) is 5.57. The van der Waals surface area contributed by atoms with E-state index in [4.69, 9.17) is 13.5 Å². The molecule has 0 rings (SSSR count). The zero-order chi connectivity index (χ0) is 8.91. The molecule has 0 saturated heterocycles. The van der Waals surface area contributed by atoms with Gasteiger partial charge in [0, 0.05) is 12.0 Å².